The first-order valence-corrected chi connectivity index (χ1v) is 28.5. The number of ether oxygens (including phenoxy) is 1. The van der Waals surface area contributed by atoms with E-state index < -0.39 is 20.0 Å². The number of phosphoric acid groups is 1. The number of carbonyl (C=O) groups is 2. The summed E-state index contributed by atoms with van der Waals surface area (Å²) >= 11 is 0. The van der Waals surface area contributed by atoms with Gasteiger partial charge in [0.2, 0.25) is 5.91 Å². The number of esters is 1. The minimum Gasteiger partial charge on any atom is -0.456 e. The first kappa shape index (κ1) is 64.2. The quantitative estimate of drug-likeness (QED) is 0.0156. The molecule has 2 N–H and O–H groups in total. The molecule has 0 aliphatic carbocycles. The van der Waals surface area contributed by atoms with Crippen LogP contribution in [0, 0.1) is 0 Å². The molecule has 3 unspecified atom stereocenters. The van der Waals surface area contributed by atoms with Crippen molar-refractivity contribution < 1.29 is 37.3 Å². The van der Waals surface area contributed by atoms with Gasteiger partial charge in [0.1, 0.15) is 19.3 Å². The molecule has 67 heavy (non-hydrogen) atoms. The fourth-order valence-corrected chi connectivity index (χ4v) is 8.06. The number of quaternary nitrogens is 1. The highest BCUT2D eigenvalue weighted by Crippen LogP contribution is 2.43. The van der Waals surface area contributed by atoms with Gasteiger partial charge in [-0.1, -0.05) is 235 Å². The van der Waals surface area contributed by atoms with Crippen molar-refractivity contribution in [3.05, 3.63) is 85.1 Å². The highest BCUT2D eigenvalue weighted by atomic mass is 31.2. The zero-order valence-corrected chi connectivity index (χ0v) is 44.8. The van der Waals surface area contributed by atoms with E-state index >= 15 is 0 Å². The number of likely N-dealkylation sites (N-methyl/N-ethyl adjacent to an activating group) is 1. The largest absolute Gasteiger partial charge is 0.472 e. The molecular weight excluding hydrogens is 856 g/mol. The van der Waals surface area contributed by atoms with Crippen LogP contribution in [-0.2, 0) is 27.9 Å². The summed E-state index contributed by atoms with van der Waals surface area (Å²) < 4.78 is 30.5. The summed E-state index contributed by atoms with van der Waals surface area (Å²) in [4.78, 5) is 37.4. The zero-order chi connectivity index (χ0) is 49.4. The summed E-state index contributed by atoms with van der Waals surface area (Å²) in [6.07, 6.45) is 60.0. The molecule has 0 heterocycles. The Balaban J connectivity index is 5.51. The third kappa shape index (κ3) is 48.0. The maximum atomic E-state index is 13.4. The van der Waals surface area contributed by atoms with Crippen LogP contribution in [0.5, 0.6) is 0 Å². The molecule has 0 saturated carbocycles. The SMILES string of the molecule is CC\C=C/C=C/C=C/C=C\C=C\C=C\CCCCCC(=O)NC(COP(=O)(O)OCC[N+](C)(C)C)C(/C=C/CCCCCCCCCCCCC)OC(=O)CCCCCCCCCCCCC. The zero-order valence-electron chi connectivity index (χ0n) is 43.9. The lowest BCUT2D eigenvalue weighted by Crippen LogP contribution is -2.47. The third-order valence-corrected chi connectivity index (χ3v) is 12.5. The van der Waals surface area contributed by atoms with Crippen LogP contribution in [0.1, 0.15) is 213 Å². The number of nitrogens with zero attached hydrogens (tertiary/aromatic N) is 1. The monoisotopic (exact) mass is 958 g/mol. The van der Waals surface area contributed by atoms with Crippen molar-refractivity contribution in [3.63, 3.8) is 0 Å². The molecule has 3 atom stereocenters. The van der Waals surface area contributed by atoms with Gasteiger partial charge in [-0.2, -0.15) is 0 Å². The summed E-state index contributed by atoms with van der Waals surface area (Å²) in [7, 11) is 1.45. The molecule has 0 bridgehead atoms. The average Bonchev–Trinajstić information content (AvgIpc) is 3.28. The number of amides is 1. The molecule has 0 aliphatic rings. The van der Waals surface area contributed by atoms with Crippen molar-refractivity contribution in [1.29, 1.82) is 0 Å². The van der Waals surface area contributed by atoms with E-state index in [0.29, 0.717) is 17.4 Å². The number of hydrogen-bond acceptors (Lipinski definition) is 6. The predicted molar refractivity (Wildman–Crippen MR) is 286 cm³/mol. The fourth-order valence-electron chi connectivity index (χ4n) is 7.32. The van der Waals surface area contributed by atoms with Gasteiger partial charge in [0.25, 0.3) is 0 Å². The first-order valence-electron chi connectivity index (χ1n) is 27.0. The molecule has 0 fully saturated rings. The average molecular weight is 958 g/mol. The van der Waals surface area contributed by atoms with Gasteiger partial charge in [0.05, 0.1) is 33.8 Å². The van der Waals surface area contributed by atoms with Gasteiger partial charge in [0, 0.05) is 12.8 Å². The maximum Gasteiger partial charge on any atom is 0.472 e. The van der Waals surface area contributed by atoms with Gasteiger partial charge in [-0.05, 0) is 51.0 Å². The van der Waals surface area contributed by atoms with E-state index in [0.717, 1.165) is 64.2 Å². The van der Waals surface area contributed by atoms with E-state index in [-0.39, 0.29) is 37.9 Å². The topological polar surface area (TPSA) is 111 Å². The van der Waals surface area contributed by atoms with Crippen LogP contribution in [0.25, 0.3) is 0 Å². The smallest absolute Gasteiger partial charge is 0.456 e. The number of nitrogens with one attached hydrogen (secondary N) is 1. The van der Waals surface area contributed by atoms with Crippen LogP contribution in [-0.4, -0.2) is 74.3 Å². The predicted octanol–water partition coefficient (Wildman–Crippen LogP) is 15.9. The number of rotatable bonds is 47. The second kappa shape index (κ2) is 46.9. The second-order valence-electron chi connectivity index (χ2n) is 19.2. The first-order chi connectivity index (χ1) is 32.4. The summed E-state index contributed by atoms with van der Waals surface area (Å²) in [6.45, 7) is 6.80. The molecule has 386 valence electrons. The summed E-state index contributed by atoms with van der Waals surface area (Å²) in [5.41, 5.74) is 0. The Morgan fingerprint density at radius 1 is 0.537 bits per heavy atom. The molecule has 0 spiro atoms. The van der Waals surface area contributed by atoms with Crippen LogP contribution in [0.3, 0.4) is 0 Å². The van der Waals surface area contributed by atoms with E-state index in [1.54, 1.807) is 0 Å². The van der Waals surface area contributed by atoms with Gasteiger partial charge < -0.3 is 19.4 Å². The highest BCUT2D eigenvalue weighted by Gasteiger charge is 2.30. The molecule has 0 saturated heterocycles. The van der Waals surface area contributed by atoms with Gasteiger partial charge >= 0.3 is 13.8 Å². The van der Waals surface area contributed by atoms with Crippen molar-refractivity contribution in [2.45, 2.75) is 226 Å². The Labute approximate surface area is 412 Å². The number of phosphoric ester groups is 1. The van der Waals surface area contributed by atoms with Crippen molar-refractivity contribution >= 4 is 19.7 Å². The Kier molecular flexibility index (Phi) is 44.9. The molecule has 0 aliphatic heterocycles. The van der Waals surface area contributed by atoms with Crippen molar-refractivity contribution in [1.82, 2.24) is 5.32 Å². The minimum atomic E-state index is -4.45. The third-order valence-electron chi connectivity index (χ3n) is 11.5. The second-order valence-corrected chi connectivity index (χ2v) is 20.6. The van der Waals surface area contributed by atoms with Gasteiger partial charge in [-0.15, -0.1) is 0 Å². The highest BCUT2D eigenvalue weighted by molar-refractivity contribution is 7.47. The van der Waals surface area contributed by atoms with E-state index in [2.05, 4.69) is 38.2 Å². The van der Waals surface area contributed by atoms with Gasteiger partial charge in [0.15, 0.2) is 0 Å². The molecule has 9 nitrogen and oxygen atoms in total. The van der Waals surface area contributed by atoms with E-state index in [1.165, 1.54) is 109 Å². The lowest BCUT2D eigenvalue weighted by atomic mass is 10.0. The maximum absolute atomic E-state index is 13.4. The molecule has 0 aromatic rings. The van der Waals surface area contributed by atoms with Crippen molar-refractivity contribution in [2.75, 3.05) is 40.9 Å². The van der Waals surface area contributed by atoms with Gasteiger partial charge in [-0.3, -0.25) is 18.6 Å². The number of allylic oxidation sites excluding steroid dienone is 13. The Hall–Kier alpha value is -2.81. The van der Waals surface area contributed by atoms with Crippen molar-refractivity contribution in [3.8, 4) is 0 Å². The number of carbonyl (C=O) groups excluding carboxylic acids is 2. The number of hydrogen-bond donors (Lipinski definition) is 2. The molecule has 0 aromatic carbocycles. The van der Waals surface area contributed by atoms with Gasteiger partial charge in [-0.25, -0.2) is 4.57 Å². The van der Waals surface area contributed by atoms with Crippen LogP contribution >= 0.6 is 7.82 Å². The number of unbranched alkanes of at least 4 members (excludes halogenated alkanes) is 24. The van der Waals surface area contributed by atoms with Crippen molar-refractivity contribution in [2.24, 2.45) is 0 Å². The van der Waals surface area contributed by atoms with Crippen LogP contribution in [0.15, 0.2) is 85.1 Å². The van der Waals surface area contributed by atoms with E-state index in [4.69, 9.17) is 13.8 Å². The molecule has 0 radical (unpaired) electrons. The fraction of sp³-hybridized carbons (Fsp3) is 0.719. The van der Waals surface area contributed by atoms with Crippen LogP contribution < -0.4 is 5.32 Å². The van der Waals surface area contributed by atoms with E-state index in [9.17, 15) is 19.0 Å². The molecule has 0 aromatic heterocycles. The normalized spacial score (nSPS) is 14.6. The molecule has 0 rings (SSSR count). The molecule has 10 heteroatoms. The molecule has 1 amide bonds. The summed E-state index contributed by atoms with van der Waals surface area (Å²) in [5, 5.41) is 3.01. The molecular formula is C57H102N2O7P+. The minimum absolute atomic E-state index is 0.0281. The summed E-state index contributed by atoms with van der Waals surface area (Å²) in [6, 6.07) is -0.872. The standard InChI is InChI=1S/C57H101N2O7P/c1-7-10-13-16-19-22-25-27-28-29-30-32-35-37-40-43-46-49-56(60)58-54(53-65-67(62,63)64-52-51-59(4,5)6)55(48-45-42-39-36-34-31-26-23-20-17-14-11-8-2)66-57(61)50-47-44-41-38-33-24-21-18-15-12-9-3/h10,13,16,19,22,25,27-30,32,35,45,48,54-55H,7-9,11-12,14-15,17-18,20-21,23-24,26,31,33-34,36-44,46-47,49-53H2,1-6H3,(H-,58,60,62,63)/p+1/b13-10-,19-16+,25-22+,28-27-,30-29+,35-32+,48-45+. The van der Waals surface area contributed by atoms with E-state index in [1.807, 2.05) is 94.1 Å². The Bertz CT molecular complexity index is 1430. The van der Waals surface area contributed by atoms with Crippen LogP contribution in [0.4, 0.5) is 0 Å². The Morgan fingerprint density at radius 3 is 1.45 bits per heavy atom. The lowest BCUT2D eigenvalue weighted by molar-refractivity contribution is -0.870. The van der Waals surface area contributed by atoms with Crippen LogP contribution in [0.2, 0.25) is 0 Å². The summed E-state index contributed by atoms with van der Waals surface area (Å²) in [5.74, 6) is -0.560. The lowest BCUT2D eigenvalue weighted by Gasteiger charge is -2.27. The Morgan fingerprint density at radius 2 is 0.955 bits per heavy atom.